The number of benzene rings is 1. The van der Waals surface area contributed by atoms with E-state index in [1.165, 1.54) is 6.07 Å². The van der Waals surface area contributed by atoms with Gasteiger partial charge in [-0.3, -0.25) is 0 Å². The highest BCUT2D eigenvalue weighted by molar-refractivity contribution is 6.18. The van der Waals surface area contributed by atoms with Gasteiger partial charge in [-0.2, -0.15) is 0 Å². The highest BCUT2D eigenvalue weighted by Gasteiger charge is 2.12. The summed E-state index contributed by atoms with van der Waals surface area (Å²) in [7, 11) is 0. The second kappa shape index (κ2) is 5.67. The maximum atomic E-state index is 13.0. The van der Waals surface area contributed by atoms with Crippen molar-refractivity contribution >= 4 is 11.6 Å². The fraction of sp³-hybridized carbons (Fsp3) is 0.273. The second-order valence-corrected chi connectivity index (χ2v) is 3.16. The van der Waals surface area contributed by atoms with Gasteiger partial charge in [-0.25, -0.2) is 13.2 Å². The fourth-order valence-corrected chi connectivity index (χ4v) is 1.09. The molecule has 0 aliphatic heterocycles. The Kier molecular flexibility index (Phi) is 4.51. The number of alkyl halides is 3. The molecule has 0 aliphatic rings. The normalized spacial score (nSPS) is 9.93. The Labute approximate surface area is 91.1 Å². The lowest BCUT2D eigenvalue weighted by Crippen LogP contribution is -1.91. The minimum atomic E-state index is -2.80. The molecule has 0 aliphatic carbocycles. The van der Waals surface area contributed by atoms with Crippen LogP contribution < -0.4 is 0 Å². The molecule has 0 nitrogen and oxygen atoms in total. The van der Waals surface area contributed by atoms with E-state index >= 15 is 0 Å². The third-order valence-electron chi connectivity index (χ3n) is 1.69. The van der Waals surface area contributed by atoms with Crippen LogP contribution in [-0.2, 0) is 0 Å². The summed E-state index contributed by atoms with van der Waals surface area (Å²) in [4.78, 5) is 0. The lowest BCUT2D eigenvalue weighted by Gasteiger charge is -2.01. The molecule has 0 heterocycles. The third-order valence-corrected chi connectivity index (χ3v) is 1.88. The number of hydrogen-bond acceptors (Lipinski definition) is 0. The average Bonchev–Trinajstić information content (AvgIpc) is 2.17. The van der Waals surface area contributed by atoms with E-state index in [-0.39, 0.29) is 0 Å². The lowest BCUT2D eigenvalue weighted by molar-refractivity contribution is 0.146. The van der Waals surface area contributed by atoms with Crippen molar-refractivity contribution in [2.75, 3.05) is 5.88 Å². The van der Waals surface area contributed by atoms with Gasteiger partial charge < -0.3 is 0 Å². The molecule has 4 heteroatoms. The van der Waals surface area contributed by atoms with Gasteiger partial charge in [0.25, 0.3) is 6.43 Å². The topological polar surface area (TPSA) is 0 Å². The first-order valence-electron chi connectivity index (χ1n) is 4.27. The Bertz CT molecular complexity index is 391. The van der Waals surface area contributed by atoms with E-state index in [4.69, 9.17) is 11.6 Å². The van der Waals surface area contributed by atoms with Gasteiger partial charge in [0.2, 0.25) is 0 Å². The molecule has 0 N–H and O–H groups in total. The summed E-state index contributed by atoms with van der Waals surface area (Å²) in [5.74, 6) is 4.79. The minimum absolute atomic E-state index is 0.377. The van der Waals surface area contributed by atoms with Crippen LogP contribution in [0.25, 0.3) is 0 Å². The van der Waals surface area contributed by atoms with E-state index in [1.54, 1.807) is 0 Å². The van der Waals surface area contributed by atoms with Gasteiger partial charge in [-0.1, -0.05) is 11.8 Å². The first kappa shape index (κ1) is 11.9. The molecule has 1 aromatic rings. The zero-order valence-electron chi connectivity index (χ0n) is 7.74. The predicted octanol–water partition coefficient (Wildman–Crippen LogP) is 3.74. The van der Waals surface area contributed by atoms with Crippen LogP contribution >= 0.6 is 11.6 Å². The molecule has 0 unspecified atom stereocenters. The zero-order chi connectivity index (χ0) is 11.3. The molecular formula is C11H8ClF3. The lowest BCUT2D eigenvalue weighted by atomic mass is 10.1. The van der Waals surface area contributed by atoms with E-state index in [1.807, 2.05) is 0 Å². The van der Waals surface area contributed by atoms with E-state index in [0.717, 1.165) is 12.1 Å². The molecule has 0 aromatic heterocycles. The molecular weight excluding hydrogens is 225 g/mol. The maximum Gasteiger partial charge on any atom is 0.266 e. The van der Waals surface area contributed by atoms with Crippen molar-refractivity contribution in [2.45, 2.75) is 12.8 Å². The van der Waals surface area contributed by atoms with Gasteiger partial charge in [0.15, 0.2) is 0 Å². The van der Waals surface area contributed by atoms with Crippen LogP contribution in [0.1, 0.15) is 24.0 Å². The fourth-order valence-electron chi connectivity index (χ4n) is 0.994. The monoisotopic (exact) mass is 232 g/mol. The van der Waals surface area contributed by atoms with E-state index in [9.17, 15) is 13.2 Å². The summed E-state index contributed by atoms with van der Waals surface area (Å²) in [5, 5.41) is 0. The predicted molar refractivity (Wildman–Crippen MR) is 53.6 cm³/mol. The molecule has 0 spiro atoms. The molecule has 1 aromatic carbocycles. The van der Waals surface area contributed by atoms with Crippen LogP contribution in [0.4, 0.5) is 13.2 Å². The van der Waals surface area contributed by atoms with Gasteiger partial charge in [-0.05, 0) is 18.2 Å². The average molecular weight is 233 g/mol. The second-order valence-electron chi connectivity index (χ2n) is 2.78. The Morgan fingerprint density at radius 3 is 2.60 bits per heavy atom. The summed E-state index contributed by atoms with van der Waals surface area (Å²) < 4.78 is 37.4. The standard InChI is InChI=1S/C11H8ClF3/c12-6-2-1-3-8-4-5-9(11(14)15)10(13)7-8/h4-5,7,11H,2,6H2. The van der Waals surface area contributed by atoms with Crippen molar-refractivity contribution in [3.63, 3.8) is 0 Å². The SMILES string of the molecule is Fc1cc(C#CCCCl)ccc1C(F)F. The van der Waals surface area contributed by atoms with Gasteiger partial charge in [0, 0.05) is 17.9 Å². The van der Waals surface area contributed by atoms with Crippen molar-refractivity contribution in [1.82, 2.24) is 0 Å². The van der Waals surface area contributed by atoms with Crippen LogP contribution in [-0.4, -0.2) is 5.88 Å². The molecule has 15 heavy (non-hydrogen) atoms. The molecule has 0 amide bonds. The van der Waals surface area contributed by atoms with Gasteiger partial charge in [0.1, 0.15) is 5.82 Å². The van der Waals surface area contributed by atoms with Gasteiger partial charge in [0.05, 0.1) is 5.56 Å². The Balaban J connectivity index is 2.88. The quantitative estimate of drug-likeness (QED) is 0.538. The minimum Gasteiger partial charge on any atom is -0.206 e. The molecule has 0 radical (unpaired) electrons. The van der Waals surface area contributed by atoms with Crippen molar-refractivity contribution in [1.29, 1.82) is 0 Å². The van der Waals surface area contributed by atoms with E-state index in [0.29, 0.717) is 17.9 Å². The highest BCUT2D eigenvalue weighted by atomic mass is 35.5. The largest absolute Gasteiger partial charge is 0.266 e. The summed E-state index contributed by atoms with van der Waals surface area (Å²) in [6.07, 6.45) is -2.31. The number of halogens is 4. The summed E-state index contributed by atoms with van der Waals surface area (Å²) in [6.45, 7) is 0. The Morgan fingerprint density at radius 2 is 2.07 bits per heavy atom. The third kappa shape index (κ3) is 3.49. The van der Waals surface area contributed by atoms with Gasteiger partial charge >= 0.3 is 0 Å². The molecule has 0 bridgehead atoms. The number of hydrogen-bond donors (Lipinski definition) is 0. The maximum absolute atomic E-state index is 13.0. The molecule has 0 fully saturated rings. The van der Waals surface area contributed by atoms with E-state index in [2.05, 4.69) is 11.8 Å². The van der Waals surface area contributed by atoms with Crippen molar-refractivity contribution in [3.8, 4) is 11.8 Å². The van der Waals surface area contributed by atoms with Crippen LogP contribution in [0.3, 0.4) is 0 Å². The highest BCUT2D eigenvalue weighted by Crippen LogP contribution is 2.22. The first-order valence-corrected chi connectivity index (χ1v) is 4.81. The summed E-state index contributed by atoms with van der Waals surface area (Å²) in [5.41, 5.74) is -0.222. The summed E-state index contributed by atoms with van der Waals surface area (Å²) >= 11 is 5.39. The van der Waals surface area contributed by atoms with Gasteiger partial charge in [-0.15, -0.1) is 11.6 Å². The summed E-state index contributed by atoms with van der Waals surface area (Å²) in [6, 6.07) is 3.42. The first-order chi connectivity index (χ1) is 7.15. The van der Waals surface area contributed by atoms with Crippen LogP contribution in [0.2, 0.25) is 0 Å². The van der Waals surface area contributed by atoms with Crippen molar-refractivity contribution in [2.24, 2.45) is 0 Å². The Hall–Kier alpha value is -1.14. The zero-order valence-corrected chi connectivity index (χ0v) is 8.49. The molecule has 80 valence electrons. The molecule has 0 saturated heterocycles. The molecule has 1 rings (SSSR count). The van der Waals surface area contributed by atoms with Crippen LogP contribution in [0.5, 0.6) is 0 Å². The smallest absolute Gasteiger partial charge is 0.206 e. The number of rotatable bonds is 2. The van der Waals surface area contributed by atoms with Crippen LogP contribution in [0.15, 0.2) is 18.2 Å². The van der Waals surface area contributed by atoms with E-state index < -0.39 is 17.8 Å². The molecule has 0 atom stereocenters. The van der Waals surface area contributed by atoms with Crippen molar-refractivity contribution < 1.29 is 13.2 Å². The van der Waals surface area contributed by atoms with Crippen LogP contribution in [0, 0.1) is 17.7 Å². The molecule has 0 saturated carbocycles. The van der Waals surface area contributed by atoms with Crippen molar-refractivity contribution in [3.05, 3.63) is 35.1 Å². The Morgan fingerprint density at radius 1 is 1.33 bits per heavy atom.